The molecule has 4 aromatic rings. The van der Waals surface area contributed by atoms with Crippen LogP contribution < -0.4 is 5.32 Å². The number of anilines is 2. The van der Waals surface area contributed by atoms with Gasteiger partial charge in [-0.2, -0.15) is 0 Å². The molecular weight excluding hydrogens is 359 g/mol. The number of hydrogen-bond acceptors (Lipinski definition) is 4. The molecule has 0 saturated heterocycles. The van der Waals surface area contributed by atoms with E-state index in [2.05, 4.69) is 21.6 Å². The number of imidazole rings is 1. The van der Waals surface area contributed by atoms with Crippen LogP contribution in [0.3, 0.4) is 0 Å². The van der Waals surface area contributed by atoms with Crippen molar-refractivity contribution < 1.29 is 4.39 Å². The number of hydrogen-bond donors (Lipinski definition) is 1. The maximum Gasteiger partial charge on any atom is 0.196 e. The lowest BCUT2D eigenvalue weighted by Gasteiger charge is -2.10. The van der Waals surface area contributed by atoms with Crippen LogP contribution in [0.5, 0.6) is 0 Å². The van der Waals surface area contributed by atoms with Crippen molar-refractivity contribution in [1.29, 1.82) is 0 Å². The number of halogens is 2. The number of rotatable bonds is 3. The van der Waals surface area contributed by atoms with Crippen LogP contribution in [0.25, 0.3) is 16.2 Å². The molecule has 0 spiro atoms. The molecule has 4 rings (SSSR count). The van der Waals surface area contributed by atoms with Gasteiger partial charge in [0.2, 0.25) is 0 Å². The van der Waals surface area contributed by atoms with E-state index in [0.717, 1.165) is 33.4 Å². The van der Waals surface area contributed by atoms with Gasteiger partial charge in [0.05, 0.1) is 5.02 Å². The molecule has 1 N–H and O–H groups in total. The third-order valence-electron chi connectivity index (χ3n) is 4.07. The molecule has 4 nitrogen and oxygen atoms in total. The molecule has 0 fully saturated rings. The molecule has 0 atom stereocenters. The molecule has 0 saturated carbocycles. The second-order valence-corrected chi connectivity index (χ2v) is 7.25. The number of nitrogens with one attached hydrogen (secondary N) is 1. The molecule has 7 heteroatoms. The van der Waals surface area contributed by atoms with Gasteiger partial charge in [-0.25, -0.2) is 9.37 Å². The first kappa shape index (κ1) is 16.1. The number of aryl methyl sites for hydroxylation is 2. The second kappa shape index (κ2) is 6.13. The van der Waals surface area contributed by atoms with Crippen molar-refractivity contribution in [3.8, 4) is 11.3 Å². The minimum Gasteiger partial charge on any atom is -0.339 e. The summed E-state index contributed by atoms with van der Waals surface area (Å²) >= 11 is 7.95. The molecular formula is C18H14ClFN4S. The van der Waals surface area contributed by atoms with Crippen LogP contribution in [0.1, 0.15) is 10.6 Å². The topological polar surface area (TPSA) is 42.2 Å². The van der Waals surface area contributed by atoms with E-state index in [9.17, 15) is 4.39 Å². The Kier molecular flexibility index (Phi) is 3.94. The summed E-state index contributed by atoms with van der Waals surface area (Å²) in [5, 5.41) is 3.90. The highest BCUT2D eigenvalue weighted by molar-refractivity contribution is 7.17. The summed E-state index contributed by atoms with van der Waals surface area (Å²) in [5.41, 5.74) is 3.42. The maximum atomic E-state index is 13.2. The summed E-state index contributed by atoms with van der Waals surface area (Å²) in [5.74, 6) is 0.528. The normalized spacial score (nSPS) is 11.2. The summed E-state index contributed by atoms with van der Waals surface area (Å²) in [6.07, 6.45) is 3.29. The van der Waals surface area contributed by atoms with Gasteiger partial charge < -0.3 is 5.32 Å². The fourth-order valence-electron chi connectivity index (χ4n) is 2.69. The molecule has 1 aromatic carbocycles. The van der Waals surface area contributed by atoms with Crippen molar-refractivity contribution >= 4 is 39.4 Å². The van der Waals surface area contributed by atoms with Crippen molar-refractivity contribution in [3.05, 3.63) is 64.1 Å². The zero-order valence-electron chi connectivity index (χ0n) is 13.5. The predicted octanol–water partition coefficient (Wildman–Crippen LogP) is 5.61. The van der Waals surface area contributed by atoms with Gasteiger partial charge in [0, 0.05) is 34.2 Å². The van der Waals surface area contributed by atoms with Crippen LogP contribution >= 0.6 is 22.9 Å². The molecule has 126 valence electrons. The smallest absolute Gasteiger partial charge is 0.196 e. The Balaban J connectivity index is 1.94. The quantitative estimate of drug-likeness (QED) is 0.508. The third-order valence-corrected chi connectivity index (χ3v) is 5.43. The molecule has 0 aliphatic rings. The van der Waals surface area contributed by atoms with Crippen molar-refractivity contribution in [3.63, 3.8) is 0 Å². The van der Waals surface area contributed by atoms with E-state index in [1.165, 1.54) is 17.0 Å². The van der Waals surface area contributed by atoms with E-state index >= 15 is 0 Å². The van der Waals surface area contributed by atoms with Crippen LogP contribution in [0, 0.1) is 19.7 Å². The highest BCUT2D eigenvalue weighted by Gasteiger charge is 2.20. The molecule has 0 amide bonds. The van der Waals surface area contributed by atoms with E-state index in [1.54, 1.807) is 35.9 Å². The van der Waals surface area contributed by atoms with E-state index < -0.39 is 0 Å². The lowest BCUT2D eigenvalue weighted by Crippen LogP contribution is -1.98. The van der Waals surface area contributed by atoms with Gasteiger partial charge in [-0.05, 0) is 44.2 Å². The summed E-state index contributed by atoms with van der Waals surface area (Å²) in [6, 6.07) is 8.08. The lowest BCUT2D eigenvalue weighted by atomic mass is 10.2. The summed E-state index contributed by atoms with van der Waals surface area (Å²) in [4.78, 5) is 10.9. The Morgan fingerprint density at radius 2 is 1.92 bits per heavy atom. The van der Waals surface area contributed by atoms with Crippen molar-refractivity contribution in [1.82, 2.24) is 14.4 Å². The Morgan fingerprint density at radius 3 is 2.64 bits per heavy atom. The zero-order valence-corrected chi connectivity index (χ0v) is 15.1. The first-order valence-corrected chi connectivity index (χ1v) is 8.85. The third kappa shape index (κ3) is 2.77. The van der Waals surface area contributed by atoms with E-state index in [-0.39, 0.29) is 5.82 Å². The minimum atomic E-state index is -0.274. The number of benzene rings is 1. The number of aromatic nitrogens is 3. The van der Waals surface area contributed by atoms with Crippen LogP contribution in [0.4, 0.5) is 15.9 Å². The summed E-state index contributed by atoms with van der Waals surface area (Å²) < 4.78 is 15.3. The molecule has 3 aromatic heterocycles. The van der Waals surface area contributed by atoms with Gasteiger partial charge in [-0.1, -0.05) is 11.6 Å². The second-order valence-electron chi connectivity index (χ2n) is 5.66. The Labute approximate surface area is 152 Å². The molecule has 25 heavy (non-hydrogen) atoms. The minimum absolute atomic E-state index is 0.274. The van der Waals surface area contributed by atoms with Crippen LogP contribution in [0.2, 0.25) is 5.02 Å². The standard InChI is InChI=1S/C18H14ClFN4S/c1-10-11(2)25-18-23-16(14-7-8-21-9-15(14)19)17(24(10)18)22-13-5-3-12(20)4-6-13/h3-9,22H,1-2H3. The lowest BCUT2D eigenvalue weighted by molar-refractivity contribution is 0.628. The van der Waals surface area contributed by atoms with Gasteiger partial charge >= 0.3 is 0 Å². The largest absolute Gasteiger partial charge is 0.339 e. The van der Waals surface area contributed by atoms with Gasteiger partial charge in [-0.3, -0.25) is 9.38 Å². The van der Waals surface area contributed by atoms with Crippen molar-refractivity contribution in [2.45, 2.75) is 13.8 Å². The molecule has 0 aliphatic heterocycles. The van der Waals surface area contributed by atoms with Crippen molar-refractivity contribution in [2.24, 2.45) is 0 Å². The number of nitrogens with zero attached hydrogens (tertiary/aromatic N) is 3. The average molecular weight is 373 g/mol. The van der Waals surface area contributed by atoms with Gasteiger partial charge in [0.25, 0.3) is 0 Å². The average Bonchev–Trinajstić information content (AvgIpc) is 3.07. The SMILES string of the molecule is Cc1sc2nc(-c3ccncc3Cl)c(Nc3ccc(F)cc3)n2c1C. The highest BCUT2D eigenvalue weighted by atomic mass is 35.5. The molecule has 0 aliphatic carbocycles. The van der Waals surface area contributed by atoms with Crippen molar-refractivity contribution in [2.75, 3.05) is 5.32 Å². The fourth-order valence-corrected chi connectivity index (χ4v) is 3.87. The maximum absolute atomic E-state index is 13.2. The number of thiazole rings is 1. The fraction of sp³-hybridized carbons (Fsp3) is 0.111. The molecule has 0 unspecified atom stereocenters. The summed E-state index contributed by atoms with van der Waals surface area (Å²) in [6.45, 7) is 4.11. The number of pyridine rings is 1. The van der Waals surface area contributed by atoms with Gasteiger partial charge in [0.1, 0.15) is 17.3 Å². The monoisotopic (exact) mass is 372 g/mol. The molecule has 0 bridgehead atoms. The highest BCUT2D eigenvalue weighted by Crippen LogP contribution is 2.38. The van der Waals surface area contributed by atoms with E-state index in [0.29, 0.717) is 5.02 Å². The zero-order chi connectivity index (χ0) is 17.6. The van der Waals surface area contributed by atoms with Crippen LogP contribution in [-0.4, -0.2) is 14.4 Å². The van der Waals surface area contributed by atoms with Crippen LogP contribution in [0.15, 0.2) is 42.7 Å². The first-order valence-electron chi connectivity index (χ1n) is 7.65. The first-order chi connectivity index (χ1) is 12.0. The van der Waals surface area contributed by atoms with E-state index in [4.69, 9.17) is 16.6 Å². The number of fused-ring (bicyclic) bond motifs is 1. The Bertz CT molecular complexity index is 1070. The summed E-state index contributed by atoms with van der Waals surface area (Å²) in [7, 11) is 0. The van der Waals surface area contributed by atoms with Gasteiger partial charge in [-0.15, -0.1) is 11.3 Å². The Morgan fingerprint density at radius 1 is 1.16 bits per heavy atom. The molecule has 0 radical (unpaired) electrons. The van der Waals surface area contributed by atoms with Crippen LogP contribution in [-0.2, 0) is 0 Å². The van der Waals surface area contributed by atoms with E-state index in [1.807, 2.05) is 13.0 Å². The Hall–Kier alpha value is -2.44. The predicted molar refractivity (Wildman–Crippen MR) is 100 cm³/mol. The van der Waals surface area contributed by atoms with Gasteiger partial charge in [0.15, 0.2) is 4.96 Å². The molecule has 3 heterocycles.